The second-order valence-electron chi connectivity index (χ2n) is 5.15. The zero-order chi connectivity index (χ0) is 14.5. The van der Waals surface area contributed by atoms with Crippen LogP contribution in [0.2, 0.25) is 0 Å². The summed E-state index contributed by atoms with van der Waals surface area (Å²) in [6, 6.07) is 0. The zero-order valence-electron chi connectivity index (χ0n) is 11.9. The van der Waals surface area contributed by atoms with Crippen molar-refractivity contribution in [3.63, 3.8) is 0 Å². The average molecular weight is 286 g/mol. The Labute approximate surface area is 118 Å². The molecule has 0 aliphatic carbocycles. The van der Waals surface area contributed by atoms with Gasteiger partial charge in [-0.3, -0.25) is 4.79 Å². The molecule has 1 rings (SSSR count). The van der Waals surface area contributed by atoms with Gasteiger partial charge in [0.25, 0.3) is 5.91 Å². The first kappa shape index (κ1) is 16.1. The third-order valence-corrected chi connectivity index (χ3v) is 3.94. The summed E-state index contributed by atoms with van der Waals surface area (Å²) in [7, 11) is 1.57. The lowest BCUT2D eigenvalue weighted by molar-refractivity contribution is 0.0722. The molecule has 0 saturated heterocycles. The molecule has 1 amide bonds. The molecule has 0 fully saturated rings. The third kappa shape index (κ3) is 4.56. The van der Waals surface area contributed by atoms with Crippen molar-refractivity contribution >= 4 is 17.2 Å². The van der Waals surface area contributed by atoms with Crippen molar-refractivity contribution in [3.05, 3.63) is 16.1 Å². The van der Waals surface area contributed by atoms with Gasteiger partial charge in [-0.15, -0.1) is 11.3 Å². The molecular weight excluding hydrogens is 264 g/mol. The zero-order valence-corrected chi connectivity index (χ0v) is 12.7. The van der Waals surface area contributed by atoms with E-state index in [9.17, 15) is 4.79 Å². The van der Waals surface area contributed by atoms with E-state index in [-0.39, 0.29) is 12.5 Å². The van der Waals surface area contributed by atoms with Gasteiger partial charge in [0.05, 0.1) is 17.2 Å². The standard InChI is InChI=1S/C13H22N2O3S/c1-9(2)12-14-10(7-19-12)11(17)15-13(3,5-6-16)8-18-4/h7,9,16H,5-6,8H2,1-4H3,(H,15,17). The lowest BCUT2D eigenvalue weighted by Crippen LogP contribution is -2.50. The predicted molar refractivity (Wildman–Crippen MR) is 75.7 cm³/mol. The molecule has 0 aliphatic rings. The van der Waals surface area contributed by atoms with E-state index in [1.807, 2.05) is 20.8 Å². The second-order valence-corrected chi connectivity index (χ2v) is 6.04. The Morgan fingerprint density at radius 1 is 1.63 bits per heavy atom. The Kier molecular flexibility index (Phi) is 5.90. The van der Waals surface area contributed by atoms with Crippen LogP contribution in [-0.2, 0) is 4.74 Å². The minimum Gasteiger partial charge on any atom is -0.396 e. The largest absolute Gasteiger partial charge is 0.396 e. The number of methoxy groups -OCH3 is 1. The number of rotatable bonds is 7. The van der Waals surface area contributed by atoms with Crippen LogP contribution in [0.15, 0.2) is 5.38 Å². The van der Waals surface area contributed by atoms with Crippen LogP contribution in [0.4, 0.5) is 0 Å². The molecule has 1 unspecified atom stereocenters. The molecule has 1 aromatic rings. The fourth-order valence-electron chi connectivity index (χ4n) is 1.73. The molecule has 0 aliphatic heterocycles. The molecule has 1 aromatic heterocycles. The van der Waals surface area contributed by atoms with Crippen LogP contribution in [0.1, 0.15) is 48.6 Å². The van der Waals surface area contributed by atoms with Crippen LogP contribution in [0.25, 0.3) is 0 Å². The number of carbonyl (C=O) groups is 1. The molecule has 0 bridgehead atoms. The molecule has 0 aromatic carbocycles. The fourth-order valence-corrected chi connectivity index (χ4v) is 2.55. The highest BCUT2D eigenvalue weighted by molar-refractivity contribution is 7.09. The Morgan fingerprint density at radius 3 is 2.79 bits per heavy atom. The maximum Gasteiger partial charge on any atom is 0.271 e. The molecule has 19 heavy (non-hydrogen) atoms. The molecule has 108 valence electrons. The Balaban J connectivity index is 2.75. The minimum atomic E-state index is -0.581. The summed E-state index contributed by atoms with van der Waals surface area (Å²) >= 11 is 1.49. The Hall–Kier alpha value is -0.980. The maximum absolute atomic E-state index is 12.1. The SMILES string of the molecule is COCC(C)(CCO)NC(=O)c1csc(C(C)C)n1. The molecule has 1 atom stereocenters. The van der Waals surface area contributed by atoms with Gasteiger partial charge >= 0.3 is 0 Å². The van der Waals surface area contributed by atoms with E-state index in [1.54, 1.807) is 12.5 Å². The van der Waals surface area contributed by atoms with Crippen molar-refractivity contribution in [2.75, 3.05) is 20.3 Å². The second kappa shape index (κ2) is 6.98. The summed E-state index contributed by atoms with van der Waals surface area (Å²) < 4.78 is 5.10. The van der Waals surface area contributed by atoms with Crippen LogP contribution in [0.5, 0.6) is 0 Å². The molecule has 0 spiro atoms. The quantitative estimate of drug-likeness (QED) is 0.801. The van der Waals surface area contributed by atoms with Crippen molar-refractivity contribution in [2.45, 2.75) is 38.6 Å². The number of hydrogen-bond donors (Lipinski definition) is 2. The number of carbonyl (C=O) groups excluding carboxylic acids is 1. The lowest BCUT2D eigenvalue weighted by atomic mass is 9.99. The number of hydrogen-bond acceptors (Lipinski definition) is 5. The van der Waals surface area contributed by atoms with Crippen molar-refractivity contribution in [1.29, 1.82) is 0 Å². The van der Waals surface area contributed by atoms with E-state index in [0.29, 0.717) is 24.6 Å². The summed E-state index contributed by atoms with van der Waals surface area (Å²) in [4.78, 5) is 16.5. The lowest BCUT2D eigenvalue weighted by Gasteiger charge is -2.29. The number of nitrogens with zero attached hydrogens (tertiary/aromatic N) is 1. The van der Waals surface area contributed by atoms with Crippen LogP contribution in [-0.4, -0.2) is 41.9 Å². The normalized spacial score (nSPS) is 14.4. The number of amides is 1. The van der Waals surface area contributed by atoms with Gasteiger partial charge in [0.15, 0.2) is 0 Å². The van der Waals surface area contributed by atoms with Crippen LogP contribution in [0, 0.1) is 0 Å². The molecular formula is C13H22N2O3S. The van der Waals surface area contributed by atoms with Crippen molar-refractivity contribution in [2.24, 2.45) is 0 Å². The van der Waals surface area contributed by atoms with Gasteiger partial charge < -0.3 is 15.2 Å². The van der Waals surface area contributed by atoms with E-state index in [1.165, 1.54) is 11.3 Å². The van der Waals surface area contributed by atoms with E-state index < -0.39 is 5.54 Å². The fraction of sp³-hybridized carbons (Fsp3) is 0.692. The Bertz CT molecular complexity index is 412. The number of nitrogens with one attached hydrogen (secondary N) is 1. The summed E-state index contributed by atoms with van der Waals surface area (Å²) in [5.74, 6) is 0.0884. The van der Waals surface area contributed by atoms with Gasteiger partial charge in [-0.1, -0.05) is 13.8 Å². The van der Waals surface area contributed by atoms with Gasteiger partial charge in [-0.05, 0) is 13.3 Å². The molecule has 6 heteroatoms. The third-order valence-electron chi connectivity index (χ3n) is 2.79. The van der Waals surface area contributed by atoms with Crippen LogP contribution >= 0.6 is 11.3 Å². The van der Waals surface area contributed by atoms with Crippen molar-refractivity contribution in [1.82, 2.24) is 10.3 Å². The molecule has 5 nitrogen and oxygen atoms in total. The number of aliphatic hydroxyl groups excluding tert-OH is 1. The first-order valence-electron chi connectivity index (χ1n) is 6.29. The number of thiazole rings is 1. The van der Waals surface area contributed by atoms with E-state index in [0.717, 1.165) is 5.01 Å². The summed E-state index contributed by atoms with van der Waals surface area (Å²) in [5, 5.41) is 14.7. The highest BCUT2D eigenvalue weighted by atomic mass is 32.1. The molecule has 2 N–H and O–H groups in total. The van der Waals surface area contributed by atoms with Crippen molar-refractivity contribution in [3.8, 4) is 0 Å². The van der Waals surface area contributed by atoms with Crippen molar-refractivity contribution < 1.29 is 14.6 Å². The topological polar surface area (TPSA) is 71.5 Å². The predicted octanol–water partition coefficient (Wildman–Crippen LogP) is 1.78. The molecule has 0 saturated carbocycles. The van der Waals surface area contributed by atoms with E-state index in [4.69, 9.17) is 9.84 Å². The first-order valence-corrected chi connectivity index (χ1v) is 7.17. The van der Waals surface area contributed by atoms with Gasteiger partial charge in [-0.2, -0.15) is 0 Å². The number of aliphatic hydroxyl groups is 1. The Morgan fingerprint density at radius 2 is 2.32 bits per heavy atom. The summed E-state index contributed by atoms with van der Waals surface area (Å²) in [6.07, 6.45) is 0.438. The van der Waals surface area contributed by atoms with Crippen LogP contribution < -0.4 is 5.32 Å². The minimum absolute atomic E-state index is 0.00551. The first-order chi connectivity index (χ1) is 8.91. The number of ether oxygens (including phenoxy) is 1. The molecule has 1 heterocycles. The highest BCUT2D eigenvalue weighted by Gasteiger charge is 2.27. The van der Waals surface area contributed by atoms with Crippen LogP contribution in [0.3, 0.4) is 0 Å². The maximum atomic E-state index is 12.1. The van der Waals surface area contributed by atoms with Gasteiger partial charge in [-0.25, -0.2) is 4.98 Å². The summed E-state index contributed by atoms with van der Waals surface area (Å²) in [6.45, 7) is 6.28. The van der Waals surface area contributed by atoms with Gasteiger partial charge in [0.1, 0.15) is 5.69 Å². The smallest absolute Gasteiger partial charge is 0.271 e. The summed E-state index contributed by atoms with van der Waals surface area (Å²) in [5.41, 5.74) is -0.156. The molecule has 0 radical (unpaired) electrons. The van der Waals surface area contributed by atoms with E-state index in [2.05, 4.69) is 10.3 Å². The van der Waals surface area contributed by atoms with Gasteiger partial charge in [0.2, 0.25) is 0 Å². The average Bonchev–Trinajstić information content (AvgIpc) is 2.78. The van der Waals surface area contributed by atoms with Gasteiger partial charge in [0, 0.05) is 25.0 Å². The monoisotopic (exact) mass is 286 g/mol. The number of aromatic nitrogens is 1. The highest BCUT2D eigenvalue weighted by Crippen LogP contribution is 2.20. The van der Waals surface area contributed by atoms with E-state index >= 15 is 0 Å².